The molecule has 0 aliphatic rings. The van der Waals surface area contributed by atoms with Crippen LogP contribution in [0.2, 0.25) is 0 Å². The van der Waals surface area contributed by atoms with Crippen LogP contribution in [0.3, 0.4) is 0 Å². The summed E-state index contributed by atoms with van der Waals surface area (Å²) in [6.07, 6.45) is 2.04. The summed E-state index contributed by atoms with van der Waals surface area (Å²) < 4.78 is 31.9. The molecular formula is C29H43N3O5S. The second-order valence-electron chi connectivity index (χ2n) is 10.7. The minimum atomic E-state index is -3.55. The molecule has 0 radical (unpaired) electrons. The Kier molecular flexibility index (Phi) is 10.8. The van der Waals surface area contributed by atoms with E-state index in [0.29, 0.717) is 24.3 Å². The summed E-state index contributed by atoms with van der Waals surface area (Å²) in [4.78, 5) is 28.4. The number of benzene rings is 2. The number of amides is 2. The van der Waals surface area contributed by atoms with Gasteiger partial charge < -0.3 is 15.0 Å². The van der Waals surface area contributed by atoms with Gasteiger partial charge in [0.1, 0.15) is 11.8 Å². The van der Waals surface area contributed by atoms with Crippen LogP contribution in [0.1, 0.15) is 63.6 Å². The number of anilines is 1. The Morgan fingerprint density at radius 1 is 1.05 bits per heavy atom. The summed E-state index contributed by atoms with van der Waals surface area (Å²) in [5.74, 6) is 0.289. The first-order valence-corrected chi connectivity index (χ1v) is 14.8. The molecule has 210 valence electrons. The molecule has 9 heteroatoms. The second-order valence-corrected chi connectivity index (χ2v) is 12.6. The van der Waals surface area contributed by atoms with Gasteiger partial charge in [-0.3, -0.25) is 13.9 Å². The van der Waals surface area contributed by atoms with Gasteiger partial charge in [0.15, 0.2) is 0 Å². The van der Waals surface area contributed by atoms with E-state index in [1.807, 2.05) is 77.9 Å². The van der Waals surface area contributed by atoms with Crippen molar-refractivity contribution in [3.63, 3.8) is 0 Å². The van der Waals surface area contributed by atoms with Crippen molar-refractivity contribution < 1.29 is 22.7 Å². The minimum absolute atomic E-state index is 0.104. The maximum absolute atomic E-state index is 13.6. The van der Waals surface area contributed by atoms with Crippen LogP contribution < -0.4 is 14.4 Å². The summed E-state index contributed by atoms with van der Waals surface area (Å²) in [7, 11) is -1.96. The zero-order valence-electron chi connectivity index (χ0n) is 24.0. The first kappa shape index (κ1) is 31.1. The number of hydrogen-bond donors (Lipinski definition) is 1. The third-order valence-electron chi connectivity index (χ3n) is 6.39. The Labute approximate surface area is 228 Å². The summed E-state index contributed by atoms with van der Waals surface area (Å²) in [6, 6.07) is 12.3. The zero-order chi connectivity index (χ0) is 28.7. The van der Waals surface area contributed by atoms with Crippen molar-refractivity contribution in [3.05, 3.63) is 59.2 Å². The molecule has 0 fully saturated rings. The van der Waals surface area contributed by atoms with Crippen molar-refractivity contribution in [2.24, 2.45) is 0 Å². The molecule has 0 unspecified atom stereocenters. The average Bonchev–Trinajstić information content (AvgIpc) is 2.82. The quantitative estimate of drug-likeness (QED) is 0.421. The molecule has 0 saturated heterocycles. The normalized spacial score (nSPS) is 12.5. The molecular weight excluding hydrogens is 502 g/mol. The maximum atomic E-state index is 13.6. The SMILES string of the molecule is CC[C@H](C(=O)NC(C)(C)C)N(Cc1ccc(OC)cc1)C(=O)CCCN(c1cccc(C)c1C)S(C)(=O)=O. The Bertz CT molecular complexity index is 1200. The largest absolute Gasteiger partial charge is 0.497 e. The van der Waals surface area contributed by atoms with Crippen molar-refractivity contribution in [3.8, 4) is 5.75 Å². The molecule has 2 amide bonds. The van der Waals surface area contributed by atoms with Crippen LogP contribution in [0.15, 0.2) is 42.5 Å². The van der Waals surface area contributed by atoms with E-state index in [1.54, 1.807) is 18.1 Å². The van der Waals surface area contributed by atoms with Gasteiger partial charge in [0, 0.05) is 25.0 Å². The highest BCUT2D eigenvalue weighted by atomic mass is 32.2. The van der Waals surface area contributed by atoms with E-state index in [4.69, 9.17) is 4.74 Å². The highest BCUT2D eigenvalue weighted by Gasteiger charge is 2.31. The van der Waals surface area contributed by atoms with Gasteiger partial charge in [-0.15, -0.1) is 0 Å². The standard InChI is InChI=1S/C29H43N3O5S/c1-9-25(28(34)30-29(4,5)6)31(20-23-15-17-24(37-7)18-16-23)27(33)14-11-19-32(38(8,35)36)26-13-10-12-21(2)22(26)3/h10,12-13,15-18,25H,9,11,14,19-20H2,1-8H3,(H,30,34)/t25-/m1/s1. The molecule has 38 heavy (non-hydrogen) atoms. The van der Waals surface area contributed by atoms with Crippen LogP contribution in [0, 0.1) is 13.8 Å². The van der Waals surface area contributed by atoms with Gasteiger partial charge >= 0.3 is 0 Å². The van der Waals surface area contributed by atoms with Crippen LogP contribution in [-0.4, -0.2) is 56.6 Å². The van der Waals surface area contributed by atoms with Crippen molar-refractivity contribution in [2.75, 3.05) is 24.2 Å². The molecule has 0 aromatic heterocycles. The zero-order valence-corrected chi connectivity index (χ0v) is 24.8. The molecule has 0 bridgehead atoms. The van der Waals surface area contributed by atoms with Crippen LogP contribution in [0.4, 0.5) is 5.69 Å². The van der Waals surface area contributed by atoms with E-state index in [-0.39, 0.29) is 31.3 Å². The summed E-state index contributed by atoms with van der Waals surface area (Å²) in [5, 5.41) is 3.00. The van der Waals surface area contributed by atoms with Gasteiger partial charge in [-0.1, -0.05) is 31.2 Å². The minimum Gasteiger partial charge on any atom is -0.497 e. The lowest BCUT2D eigenvalue weighted by Gasteiger charge is -2.33. The predicted molar refractivity (Wildman–Crippen MR) is 153 cm³/mol. The number of rotatable bonds is 12. The fraction of sp³-hybridized carbons (Fsp3) is 0.517. The van der Waals surface area contributed by atoms with Gasteiger partial charge in [-0.05, 0) is 82.3 Å². The van der Waals surface area contributed by atoms with Crippen molar-refractivity contribution in [1.29, 1.82) is 0 Å². The molecule has 0 aliphatic heterocycles. The Hall–Kier alpha value is -3.07. The first-order valence-electron chi connectivity index (χ1n) is 13.0. The number of methoxy groups -OCH3 is 1. The topological polar surface area (TPSA) is 96.0 Å². The number of hydrogen-bond acceptors (Lipinski definition) is 5. The molecule has 2 aromatic rings. The molecule has 0 heterocycles. The van der Waals surface area contributed by atoms with Crippen LogP contribution >= 0.6 is 0 Å². The molecule has 0 spiro atoms. The average molecular weight is 546 g/mol. The highest BCUT2D eigenvalue weighted by molar-refractivity contribution is 7.92. The third-order valence-corrected chi connectivity index (χ3v) is 7.57. The number of ether oxygens (including phenoxy) is 1. The maximum Gasteiger partial charge on any atom is 0.243 e. The number of nitrogens with one attached hydrogen (secondary N) is 1. The van der Waals surface area contributed by atoms with Crippen molar-refractivity contribution in [2.45, 2.75) is 78.9 Å². The molecule has 8 nitrogen and oxygen atoms in total. The van der Waals surface area contributed by atoms with E-state index < -0.39 is 21.6 Å². The van der Waals surface area contributed by atoms with E-state index in [0.717, 1.165) is 16.7 Å². The van der Waals surface area contributed by atoms with E-state index in [9.17, 15) is 18.0 Å². The Morgan fingerprint density at radius 3 is 2.21 bits per heavy atom. The van der Waals surface area contributed by atoms with E-state index in [1.165, 1.54) is 10.6 Å². The summed E-state index contributed by atoms with van der Waals surface area (Å²) >= 11 is 0. The lowest BCUT2D eigenvalue weighted by atomic mass is 10.0. The number of carbonyl (C=O) groups excluding carboxylic acids is 2. The highest BCUT2D eigenvalue weighted by Crippen LogP contribution is 2.26. The smallest absolute Gasteiger partial charge is 0.243 e. The van der Waals surface area contributed by atoms with Gasteiger partial charge in [0.25, 0.3) is 0 Å². The number of sulfonamides is 1. The summed E-state index contributed by atoms with van der Waals surface area (Å²) in [6.45, 7) is 11.8. The van der Waals surface area contributed by atoms with Gasteiger partial charge in [-0.2, -0.15) is 0 Å². The van der Waals surface area contributed by atoms with Crippen LogP contribution in [0.5, 0.6) is 5.75 Å². The summed E-state index contributed by atoms with van der Waals surface area (Å²) in [5.41, 5.74) is 2.92. The lowest BCUT2D eigenvalue weighted by molar-refractivity contribution is -0.142. The van der Waals surface area contributed by atoms with Crippen LogP contribution in [0.25, 0.3) is 0 Å². The molecule has 2 rings (SSSR count). The van der Waals surface area contributed by atoms with Crippen molar-refractivity contribution in [1.82, 2.24) is 10.2 Å². The molecule has 1 atom stereocenters. The van der Waals surface area contributed by atoms with Gasteiger partial charge in [-0.25, -0.2) is 8.42 Å². The monoisotopic (exact) mass is 545 g/mol. The molecule has 1 N–H and O–H groups in total. The van der Waals surface area contributed by atoms with Gasteiger partial charge in [0.2, 0.25) is 21.8 Å². The molecule has 0 saturated carbocycles. The lowest BCUT2D eigenvalue weighted by Crippen LogP contribution is -2.53. The van der Waals surface area contributed by atoms with E-state index >= 15 is 0 Å². The molecule has 0 aliphatic carbocycles. The first-order chi connectivity index (χ1) is 17.7. The number of carbonyl (C=O) groups is 2. The Morgan fingerprint density at radius 2 is 1.68 bits per heavy atom. The fourth-order valence-corrected chi connectivity index (χ4v) is 5.30. The van der Waals surface area contributed by atoms with Crippen molar-refractivity contribution >= 4 is 27.5 Å². The third kappa shape index (κ3) is 8.75. The molecule has 2 aromatic carbocycles. The van der Waals surface area contributed by atoms with Crippen LogP contribution in [-0.2, 0) is 26.2 Å². The van der Waals surface area contributed by atoms with E-state index in [2.05, 4.69) is 5.32 Å². The Balaban J connectivity index is 2.28. The van der Waals surface area contributed by atoms with Gasteiger partial charge in [0.05, 0.1) is 19.1 Å². The fourth-order valence-electron chi connectivity index (χ4n) is 4.29. The number of nitrogens with zero attached hydrogens (tertiary/aromatic N) is 2. The number of aryl methyl sites for hydroxylation is 1. The second kappa shape index (κ2) is 13.1. The predicted octanol–water partition coefficient (Wildman–Crippen LogP) is 4.58.